The van der Waals surface area contributed by atoms with E-state index in [2.05, 4.69) is 5.32 Å². The third-order valence-corrected chi connectivity index (χ3v) is 3.21. The Labute approximate surface area is 74.5 Å². The summed E-state index contributed by atoms with van der Waals surface area (Å²) in [4.78, 5) is 16.8. The zero-order chi connectivity index (χ0) is 10.1. The first-order valence-electron chi connectivity index (χ1n) is 4.02. The summed E-state index contributed by atoms with van der Waals surface area (Å²) in [5, 5.41) is 2.42. The summed E-state index contributed by atoms with van der Waals surface area (Å²) in [6.07, 6.45) is 1.46. The van der Waals surface area contributed by atoms with Crippen LogP contribution in [0.2, 0.25) is 0 Å². The molecule has 1 saturated heterocycles. The Hall–Kier alpha value is -0.0300. The van der Waals surface area contributed by atoms with E-state index in [1.165, 1.54) is 0 Å². The third kappa shape index (κ3) is 2.26. The molecule has 78 valence electrons. The van der Waals surface area contributed by atoms with Gasteiger partial charge in [-0.15, -0.1) is 0 Å². The van der Waals surface area contributed by atoms with Crippen LogP contribution in [0.1, 0.15) is 19.3 Å². The van der Waals surface area contributed by atoms with Crippen molar-refractivity contribution in [1.82, 2.24) is 5.32 Å². The molecule has 0 aromatic rings. The van der Waals surface area contributed by atoms with E-state index in [0.29, 0.717) is 13.0 Å². The highest BCUT2D eigenvalue weighted by Gasteiger charge is 2.55. The highest BCUT2D eigenvalue weighted by atomic mass is 31.2. The van der Waals surface area contributed by atoms with Crippen LogP contribution in [0, 0.1) is 0 Å². The third-order valence-electron chi connectivity index (χ3n) is 2.12. The fourth-order valence-electron chi connectivity index (χ4n) is 1.35. The topological polar surface area (TPSA) is 69.6 Å². The molecule has 0 amide bonds. The maximum atomic E-state index is 13.0. The zero-order valence-corrected chi connectivity index (χ0v) is 7.81. The Morgan fingerprint density at radius 2 is 2.00 bits per heavy atom. The summed E-state index contributed by atoms with van der Waals surface area (Å²) in [6.45, 7) is 0.389. The van der Waals surface area contributed by atoms with Crippen molar-refractivity contribution in [3.8, 4) is 0 Å². The van der Waals surface area contributed by atoms with Crippen molar-refractivity contribution in [1.29, 1.82) is 0 Å². The van der Waals surface area contributed by atoms with Gasteiger partial charge in [0.15, 0.2) is 0 Å². The monoisotopic (exact) mass is 215 g/mol. The van der Waals surface area contributed by atoms with Gasteiger partial charge in [-0.2, -0.15) is 8.78 Å². The second-order valence-electron chi connectivity index (χ2n) is 3.13. The quantitative estimate of drug-likeness (QED) is 0.598. The van der Waals surface area contributed by atoms with E-state index in [1.54, 1.807) is 0 Å². The smallest absolute Gasteiger partial charge is 0.320 e. The minimum atomic E-state index is -5.33. The van der Waals surface area contributed by atoms with E-state index in [0.717, 1.165) is 6.42 Å². The van der Waals surface area contributed by atoms with Crippen LogP contribution in [-0.4, -0.2) is 28.0 Å². The molecule has 4 nitrogen and oxygen atoms in total. The molecule has 0 aromatic heterocycles. The molecule has 1 fully saturated rings. The molecule has 0 spiro atoms. The maximum Gasteiger partial charge on any atom is 0.396 e. The number of nitrogens with one attached hydrogen (secondary N) is 1. The number of hydrogen-bond donors (Lipinski definition) is 3. The molecule has 0 aromatic carbocycles. The average molecular weight is 215 g/mol. The van der Waals surface area contributed by atoms with Crippen LogP contribution < -0.4 is 5.32 Å². The Morgan fingerprint density at radius 1 is 1.38 bits per heavy atom. The number of halogens is 2. The molecule has 0 bridgehead atoms. The van der Waals surface area contributed by atoms with E-state index in [4.69, 9.17) is 9.79 Å². The Kier molecular flexibility index (Phi) is 3.07. The molecule has 1 unspecified atom stereocenters. The predicted octanol–water partition coefficient (Wildman–Crippen LogP) is 0.899. The van der Waals surface area contributed by atoms with Crippen LogP contribution in [0.5, 0.6) is 0 Å². The lowest BCUT2D eigenvalue weighted by Crippen LogP contribution is -2.47. The molecule has 1 rings (SSSR count). The molecule has 1 heterocycles. The van der Waals surface area contributed by atoms with E-state index in [1.807, 2.05) is 0 Å². The van der Waals surface area contributed by atoms with Crippen LogP contribution in [-0.2, 0) is 4.57 Å². The highest BCUT2D eigenvalue weighted by Crippen LogP contribution is 2.55. The summed E-state index contributed by atoms with van der Waals surface area (Å²) in [5.41, 5.74) is -3.94. The number of hydrogen-bond acceptors (Lipinski definition) is 2. The Bertz CT molecular complexity index is 224. The second-order valence-corrected chi connectivity index (χ2v) is 4.82. The van der Waals surface area contributed by atoms with Gasteiger partial charge in [-0.1, -0.05) is 6.42 Å². The fraction of sp³-hybridized carbons (Fsp3) is 1.00. The molecule has 1 atom stereocenters. The SMILES string of the molecule is O=P(O)(O)C(F)(F)C1CCCCN1. The van der Waals surface area contributed by atoms with Crippen molar-refractivity contribution < 1.29 is 23.1 Å². The van der Waals surface area contributed by atoms with E-state index in [-0.39, 0.29) is 6.42 Å². The molecular formula is C6H12F2NO3P. The van der Waals surface area contributed by atoms with Gasteiger partial charge < -0.3 is 15.1 Å². The molecule has 0 aliphatic carbocycles. The highest BCUT2D eigenvalue weighted by molar-refractivity contribution is 7.53. The van der Waals surface area contributed by atoms with E-state index < -0.39 is 19.3 Å². The second kappa shape index (κ2) is 3.61. The first-order valence-corrected chi connectivity index (χ1v) is 5.64. The average Bonchev–Trinajstić information content (AvgIpc) is 2.04. The molecule has 0 saturated carbocycles. The van der Waals surface area contributed by atoms with Crippen LogP contribution in [0.3, 0.4) is 0 Å². The summed E-state index contributed by atoms with van der Waals surface area (Å²) in [5.74, 6) is 0. The number of alkyl halides is 2. The normalized spacial score (nSPS) is 26.0. The summed E-state index contributed by atoms with van der Waals surface area (Å²) < 4.78 is 36.4. The van der Waals surface area contributed by atoms with Gasteiger partial charge >= 0.3 is 13.3 Å². The lowest BCUT2D eigenvalue weighted by Gasteiger charge is -2.30. The van der Waals surface area contributed by atoms with Gasteiger partial charge in [0, 0.05) is 0 Å². The molecule has 0 radical (unpaired) electrons. The van der Waals surface area contributed by atoms with Gasteiger partial charge in [0.1, 0.15) is 0 Å². The first-order chi connectivity index (χ1) is 5.86. The van der Waals surface area contributed by atoms with Crippen LogP contribution >= 0.6 is 7.60 Å². The van der Waals surface area contributed by atoms with Gasteiger partial charge in [-0.25, -0.2) is 0 Å². The van der Waals surface area contributed by atoms with Crippen molar-refractivity contribution in [2.75, 3.05) is 6.54 Å². The molecular weight excluding hydrogens is 203 g/mol. The van der Waals surface area contributed by atoms with Crippen molar-refractivity contribution in [3.63, 3.8) is 0 Å². The molecule has 1 aliphatic rings. The largest absolute Gasteiger partial charge is 0.396 e. The fourth-order valence-corrected chi connectivity index (χ4v) is 1.98. The van der Waals surface area contributed by atoms with Crippen LogP contribution in [0.4, 0.5) is 8.78 Å². The molecule has 3 N–H and O–H groups in total. The van der Waals surface area contributed by atoms with Crippen molar-refractivity contribution in [3.05, 3.63) is 0 Å². The predicted molar refractivity (Wildman–Crippen MR) is 42.6 cm³/mol. The minimum Gasteiger partial charge on any atom is -0.320 e. The summed E-state index contributed by atoms with van der Waals surface area (Å²) in [6, 6.07) is -1.39. The summed E-state index contributed by atoms with van der Waals surface area (Å²) in [7, 11) is -5.33. The van der Waals surface area contributed by atoms with Gasteiger partial charge in [-0.05, 0) is 19.4 Å². The lowest BCUT2D eigenvalue weighted by molar-refractivity contribution is 0.0111. The first kappa shape index (κ1) is 11.0. The Morgan fingerprint density at radius 3 is 2.38 bits per heavy atom. The van der Waals surface area contributed by atoms with Gasteiger partial charge in [0.2, 0.25) is 0 Å². The van der Waals surface area contributed by atoms with Gasteiger partial charge in [-0.3, -0.25) is 4.57 Å². The molecule has 1 aliphatic heterocycles. The minimum absolute atomic E-state index is 0.109. The van der Waals surface area contributed by atoms with Crippen molar-refractivity contribution >= 4 is 7.60 Å². The van der Waals surface area contributed by atoms with Crippen molar-refractivity contribution in [2.24, 2.45) is 0 Å². The van der Waals surface area contributed by atoms with E-state index >= 15 is 0 Å². The zero-order valence-electron chi connectivity index (χ0n) is 6.91. The van der Waals surface area contributed by atoms with Crippen LogP contribution in [0.25, 0.3) is 0 Å². The number of rotatable bonds is 2. The summed E-state index contributed by atoms with van der Waals surface area (Å²) >= 11 is 0. The Balaban J connectivity index is 2.73. The van der Waals surface area contributed by atoms with E-state index in [9.17, 15) is 13.3 Å². The lowest BCUT2D eigenvalue weighted by atomic mass is 10.1. The standard InChI is InChI=1S/C6H12F2NO3P/c7-6(8,13(10,11)12)5-3-1-2-4-9-5/h5,9H,1-4H2,(H2,10,11,12). The van der Waals surface area contributed by atoms with Crippen LogP contribution in [0.15, 0.2) is 0 Å². The number of piperidine rings is 1. The molecule has 7 heteroatoms. The molecule has 13 heavy (non-hydrogen) atoms. The van der Waals surface area contributed by atoms with Gasteiger partial charge in [0.05, 0.1) is 6.04 Å². The maximum absolute atomic E-state index is 13.0. The van der Waals surface area contributed by atoms with Crippen molar-refractivity contribution in [2.45, 2.75) is 31.0 Å². The van der Waals surface area contributed by atoms with Gasteiger partial charge in [0.25, 0.3) is 0 Å².